The van der Waals surface area contributed by atoms with Gasteiger partial charge in [-0.05, 0) is 44.5 Å². The minimum absolute atomic E-state index is 0.261. The molecule has 1 fully saturated rings. The van der Waals surface area contributed by atoms with Crippen LogP contribution in [0.4, 0.5) is 5.69 Å². The van der Waals surface area contributed by atoms with Gasteiger partial charge in [0.05, 0.1) is 10.7 Å². The maximum absolute atomic E-state index is 12.3. The van der Waals surface area contributed by atoms with E-state index in [1.807, 2.05) is 34.2 Å². The summed E-state index contributed by atoms with van der Waals surface area (Å²) in [5.74, 6) is 0.288. The van der Waals surface area contributed by atoms with Gasteiger partial charge in [0, 0.05) is 44.8 Å². The quantitative estimate of drug-likeness (QED) is 0.874. The first-order valence-electron chi connectivity index (χ1n) is 8.99. The largest absolute Gasteiger partial charge is 0.340 e. The lowest BCUT2D eigenvalue weighted by Gasteiger charge is -2.32. The van der Waals surface area contributed by atoms with Gasteiger partial charge in [-0.3, -0.25) is 9.80 Å². The van der Waals surface area contributed by atoms with E-state index in [1.54, 1.807) is 0 Å². The number of hydrogen-bond donors (Lipinski definition) is 1. The van der Waals surface area contributed by atoms with E-state index in [0.717, 1.165) is 49.7 Å². The summed E-state index contributed by atoms with van der Waals surface area (Å²) < 4.78 is 0. The molecule has 0 saturated carbocycles. The first kappa shape index (κ1) is 18.2. The van der Waals surface area contributed by atoms with Crippen LogP contribution in [-0.2, 0) is 4.79 Å². The first-order valence-corrected chi connectivity index (χ1v) is 9.37. The summed E-state index contributed by atoms with van der Waals surface area (Å²) in [6, 6.07) is 8.06. The van der Waals surface area contributed by atoms with Crippen molar-refractivity contribution in [3.8, 4) is 0 Å². The van der Waals surface area contributed by atoms with E-state index < -0.39 is 0 Å². The summed E-state index contributed by atoms with van der Waals surface area (Å²) >= 11 is 6.28. The molecule has 3 rings (SSSR count). The van der Waals surface area contributed by atoms with Crippen LogP contribution < -0.4 is 10.4 Å². The number of halogens is 1. The molecule has 2 heterocycles. The van der Waals surface area contributed by atoms with E-state index in [4.69, 9.17) is 11.6 Å². The van der Waals surface area contributed by atoms with E-state index in [9.17, 15) is 4.79 Å². The van der Waals surface area contributed by atoms with Crippen LogP contribution in [0.1, 0.15) is 26.2 Å². The fourth-order valence-corrected chi connectivity index (χ4v) is 3.58. The topological polar surface area (TPSA) is 38.8 Å². The molecule has 2 aliphatic heterocycles. The van der Waals surface area contributed by atoms with Gasteiger partial charge in [-0.2, -0.15) is 0 Å². The summed E-state index contributed by atoms with van der Waals surface area (Å²) in [4.78, 5) is 16.6. The standard InChI is InChI=1S/C19H27ClN4O/c1-15-14-24(18-8-4-3-6-16(18)20)21-17(15)7-5-9-19(25)23-12-10-22(2)11-13-23/h3-4,6,8,14,17,21H,5,7,9-13H2,1-2H3. The second-order valence-corrected chi connectivity index (χ2v) is 7.36. The first-order chi connectivity index (χ1) is 12.0. The highest BCUT2D eigenvalue weighted by atomic mass is 35.5. The second kappa shape index (κ2) is 8.21. The summed E-state index contributed by atoms with van der Waals surface area (Å²) in [6.07, 6.45) is 4.56. The number of carbonyl (C=O) groups excluding carboxylic acids is 1. The number of anilines is 1. The Morgan fingerprint density at radius 2 is 1.96 bits per heavy atom. The van der Waals surface area contributed by atoms with Crippen molar-refractivity contribution in [1.82, 2.24) is 15.2 Å². The van der Waals surface area contributed by atoms with Crippen molar-refractivity contribution in [3.05, 3.63) is 41.1 Å². The van der Waals surface area contributed by atoms with E-state index in [2.05, 4.69) is 30.5 Å². The van der Waals surface area contributed by atoms with E-state index in [0.29, 0.717) is 6.42 Å². The average molecular weight is 363 g/mol. The Balaban J connectivity index is 1.46. The van der Waals surface area contributed by atoms with E-state index in [-0.39, 0.29) is 11.9 Å². The molecule has 5 nitrogen and oxygen atoms in total. The number of amides is 1. The smallest absolute Gasteiger partial charge is 0.222 e. The van der Waals surface area contributed by atoms with Gasteiger partial charge >= 0.3 is 0 Å². The zero-order chi connectivity index (χ0) is 17.8. The zero-order valence-corrected chi connectivity index (χ0v) is 15.8. The third-order valence-electron chi connectivity index (χ3n) is 5.03. The molecule has 136 valence electrons. The predicted molar refractivity (Wildman–Crippen MR) is 103 cm³/mol. The summed E-state index contributed by atoms with van der Waals surface area (Å²) in [7, 11) is 2.10. The lowest BCUT2D eigenvalue weighted by molar-refractivity contribution is -0.132. The maximum atomic E-state index is 12.3. The lowest BCUT2D eigenvalue weighted by atomic mass is 10.0. The lowest BCUT2D eigenvalue weighted by Crippen LogP contribution is -2.47. The molecule has 0 bridgehead atoms. The maximum Gasteiger partial charge on any atom is 0.222 e. The van der Waals surface area contributed by atoms with Crippen LogP contribution in [-0.4, -0.2) is 55.0 Å². The molecule has 25 heavy (non-hydrogen) atoms. The number of hydrazine groups is 1. The number of para-hydroxylation sites is 1. The number of nitrogens with one attached hydrogen (secondary N) is 1. The Labute approximate surface area is 155 Å². The third kappa shape index (κ3) is 4.54. The highest BCUT2D eigenvalue weighted by molar-refractivity contribution is 6.33. The Hall–Kier alpha value is -1.56. The van der Waals surface area contributed by atoms with Crippen LogP contribution in [0.25, 0.3) is 0 Å². The number of benzene rings is 1. The molecule has 6 heteroatoms. The van der Waals surface area contributed by atoms with Crippen molar-refractivity contribution in [2.24, 2.45) is 0 Å². The number of hydrogen-bond acceptors (Lipinski definition) is 4. The molecule has 1 N–H and O–H groups in total. The molecule has 1 aromatic rings. The van der Waals surface area contributed by atoms with Gasteiger partial charge in [0.15, 0.2) is 0 Å². The molecule has 1 unspecified atom stereocenters. The SMILES string of the molecule is CC1=CN(c2ccccc2Cl)NC1CCCC(=O)N1CCN(C)CC1. The van der Waals surface area contributed by atoms with Gasteiger partial charge in [0.2, 0.25) is 5.91 Å². The predicted octanol–water partition coefficient (Wildman–Crippen LogP) is 2.88. The molecule has 1 saturated heterocycles. The fraction of sp³-hybridized carbons (Fsp3) is 0.526. The van der Waals surface area contributed by atoms with Gasteiger partial charge in [0.1, 0.15) is 0 Å². The number of nitrogens with zero attached hydrogens (tertiary/aromatic N) is 3. The molecule has 0 spiro atoms. The molecule has 0 radical (unpaired) electrons. The third-order valence-corrected chi connectivity index (χ3v) is 5.35. The van der Waals surface area contributed by atoms with Crippen LogP contribution in [0.2, 0.25) is 5.02 Å². The minimum atomic E-state index is 0.261. The molecular weight excluding hydrogens is 336 g/mol. The van der Waals surface area contributed by atoms with Gasteiger partial charge in [0.25, 0.3) is 0 Å². The summed E-state index contributed by atoms with van der Waals surface area (Å²) in [5.41, 5.74) is 5.71. The van der Waals surface area contributed by atoms with Crippen molar-refractivity contribution in [3.63, 3.8) is 0 Å². The van der Waals surface area contributed by atoms with Crippen LogP contribution >= 0.6 is 11.6 Å². The van der Waals surface area contributed by atoms with Gasteiger partial charge in [-0.25, -0.2) is 5.43 Å². The van der Waals surface area contributed by atoms with Crippen LogP contribution in [0, 0.1) is 0 Å². The molecule has 0 aliphatic carbocycles. The van der Waals surface area contributed by atoms with Crippen LogP contribution in [0.15, 0.2) is 36.0 Å². The fourth-order valence-electron chi connectivity index (χ4n) is 3.35. The minimum Gasteiger partial charge on any atom is -0.340 e. The van der Waals surface area contributed by atoms with Crippen molar-refractivity contribution in [1.29, 1.82) is 0 Å². The van der Waals surface area contributed by atoms with Gasteiger partial charge < -0.3 is 9.80 Å². The average Bonchev–Trinajstić information content (AvgIpc) is 2.96. The Morgan fingerprint density at radius 1 is 1.24 bits per heavy atom. The normalized spacial score (nSPS) is 21.6. The molecule has 0 aromatic heterocycles. The highest BCUT2D eigenvalue weighted by Crippen LogP contribution is 2.28. The van der Waals surface area contributed by atoms with Crippen LogP contribution in [0.5, 0.6) is 0 Å². The monoisotopic (exact) mass is 362 g/mol. The summed E-state index contributed by atoms with van der Waals surface area (Å²) in [5, 5.41) is 2.72. The molecule has 1 aromatic carbocycles. The van der Waals surface area contributed by atoms with Crippen molar-refractivity contribution < 1.29 is 4.79 Å². The second-order valence-electron chi connectivity index (χ2n) is 6.95. The zero-order valence-electron chi connectivity index (χ0n) is 15.0. The van der Waals surface area contributed by atoms with Crippen molar-refractivity contribution >= 4 is 23.2 Å². The summed E-state index contributed by atoms with van der Waals surface area (Å²) in [6.45, 7) is 5.79. The molecule has 1 atom stereocenters. The number of rotatable bonds is 5. The molecule has 2 aliphatic rings. The molecule has 1 amide bonds. The number of carbonyl (C=O) groups is 1. The highest BCUT2D eigenvalue weighted by Gasteiger charge is 2.24. The van der Waals surface area contributed by atoms with Gasteiger partial charge in [-0.1, -0.05) is 23.7 Å². The van der Waals surface area contributed by atoms with E-state index in [1.165, 1.54) is 5.57 Å². The molecular formula is C19H27ClN4O. The van der Waals surface area contributed by atoms with Crippen LogP contribution in [0.3, 0.4) is 0 Å². The Kier molecular flexibility index (Phi) is 5.99. The Morgan fingerprint density at radius 3 is 2.68 bits per heavy atom. The Bertz CT molecular complexity index is 640. The van der Waals surface area contributed by atoms with Crippen molar-refractivity contribution in [2.75, 3.05) is 38.2 Å². The van der Waals surface area contributed by atoms with Gasteiger partial charge in [-0.15, -0.1) is 0 Å². The van der Waals surface area contributed by atoms with E-state index >= 15 is 0 Å². The number of piperazine rings is 1. The van der Waals surface area contributed by atoms with Crippen molar-refractivity contribution in [2.45, 2.75) is 32.2 Å². The number of likely N-dealkylation sites (N-methyl/N-ethyl adjacent to an activating group) is 1.